The first-order valence-electron chi connectivity index (χ1n) is 12.5. The minimum atomic E-state index is -0.386. The van der Waals surface area contributed by atoms with Crippen LogP contribution < -0.4 is 9.64 Å². The van der Waals surface area contributed by atoms with Gasteiger partial charge >= 0.3 is 0 Å². The summed E-state index contributed by atoms with van der Waals surface area (Å²) in [6.07, 6.45) is 4.39. The van der Waals surface area contributed by atoms with Crippen LogP contribution in [0.25, 0.3) is 5.69 Å². The molecule has 2 saturated heterocycles. The van der Waals surface area contributed by atoms with Gasteiger partial charge in [0.05, 0.1) is 32.1 Å². The molecule has 3 aromatic rings. The lowest BCUT2D eigenvalue weighted by Gasteiger charge is -2.59. The highest BCUT2D eigenvalue weighted by Crippen LogP contribution is 2.57. The molecular weight excluding hydrogens is 483 g/mol. The molecule has 1 saturated carbocycles. The summed E-state index contributed by atoms with van der Waals surface area (Å²) in [6.45, 7) is 4.91. The molecule has 8 nitrogen and oxygen atoms in total. The van der Waals surface area contributed by atoms with Gasteiger partial charge in [0.1, 0.15) is 11.6 Å². The molecule has 3 fully saturated rings. The Balaban J connectivity index is 1.13. The lowest BCUT2D eigenvalue weighted by Crippen LogP contribution is -2.62. The van der Waals surface area contributed by atoms with E-state index in [4.69, 9.17) is 26.2 Å². The van der Waals surface area contributed by atoms with Crippen LogP contribution in [-0.4, -0.2) is 64.1 Å². The predicted octanol–water partition coefficient (Wildman–Crippen LogP) is 3.95. The van der Waals surface area contributed by atoms with Crippen molar-refractivity contribution >= 4 is 17.4 Å². The molecule has 188 valence electrons. The Kier molecular flexibility index (Phi) is 5.23. The maximum atomic E-state index is 13.6. The van der Waals surface area contributed by atoms with Crippen LogP contribution in [0, 0.1) is 11.2 Å². The van der Waals surface area contributed by atoms with Crippen LogP contribution in [0.3, 0.4) is 0 Å². The number of ether oxygens (including phenoxy) is 2. The quantitative estimate of drug-likeness (QED) is 0.526. The van der Waals surface area contributed by atoms with Crippen LogP contribution in [0.2, 0.25) is 5.02 Å². The zero-order valence-electron chi connectivity index (χ0n) is 20.2. The van der Waals surface area contributed by atoms with Gasteiger partial charge in [0, 0.05) is 54.7 Å². The van der Waals surface area contributed by atoms with E-state index in [2.05, 4.69) is 36.6 Å². The highest BCUT2D eigenvalue weighted by atomic mass is 35.5. The first kappa shape index (κ1) is 22.4. The van der Waals surface area contributed by atoms with Crippen LogP contribution >= 0.6 is 11.6 Å². The summed E-state index contributed by atoms with van der Waals surface area (Å²) in [5.74, 6) is 3.18. The van der Waals surface area contributed by atoms with E-state index in [0.29, 0.717) is 23.5 Å². The molecule has 0 amide bonds. The summed E-state index contributed by atoms with van der Waals surface area (Å²) in [5, 5.41) is 10.1. The van der Waals surface area contributed by atoms with Crippen LogP contribution in [0.5, 0.6) is 5.75 Å². The zero-order valence-corrected chi connectivity index (χ0v) is 20.9. The molecule has 10 heteroatoms. The number of rotatable bonds is 4. The predicted molar refractivity (Wildman–Crippen MR) is 132 cm³/mol. The van der Waals surface area contributed by atoms with Crippen molar-refractivity contribution < 1.29 is 13.9 Å². The van der Waals surface area contributed by atoms with E-state index in [-0.39, 0.29) is 11.2 Å². The van der Waals surface area contributed by atoms with Gasteiger partial charge in [-0.25, -0.2) is 9.37 Å². The minimum Gasteiger partial charge on any atom is -0.493 e. The Morgan fingerprint density at radius 3 is 2.81 bits per heavy atom. The van der Waals surface area contributed by atoms with E-state index in [1.807, 2.05) is 6.07 Å². The third-order valence-corrected chi connectivity index (χ3v) is 8.51. The summed E-state index contributed by atoms with van der Waals surface area (Å²) in [5.41, 5.74) is 2.57. The maximum absolute atomic E-state index is 13.6. The lowest BCUT2D eigenvalue weighted by molar-refractivity contribution is 0.0577. The van der Waals surface area contributed by atoms with Gasteiger partial charge in [0.25, 0.3) is 0 Å². The molecular formula is C26H28ClFN6O2. The molecule has 4 aliphatic rings. The molecule has 7 rings (SSSR count). The van der Waals surface area contributed by atoms with Gasteiger partial charge in [-0.05, 0) is 43.0 Å². The fourth-order valence-electron chi connectivity index (χ4n) is 6.52. The normalized spacial score (nSPS) is 23.1. The number of fused-ring (bicyclic) bond motifs is 3. The SMILES string of the molecule is COc1cc(F)cnc1N1CC2(CC(c3nnc4n3-c3ccc(Cl)cc3CN([C@@H]3CCOC3)C4)C2)C1. The van der Waals surface area contributed by atoms with Gasteiger partial charge < -0.3 is 14.4 Å². The Labute approximate surface area is 214 Å². The van der Waals surface area contributed by atoms with Crippen molar-refractivity contribution in [3.8, 4) is 11.4 Å². The smallest absolute Gasteiger partial charge is 0.171 e. The fourth-order valence-corrected chi connectivity index (χ4v) is 6.72. The number of hydrogen-bond donors (Lipinski definition) is 0. The average molecular weight is 511 g/mol. The Bertz CT molecular complexity index is 1310. The standard InChI is InChI=1S/C26H28ClFN6O2/c1-35-22-7-19(28)10-29-25(22)33-14-26(15-33)8-17(9-26)24-31-30-23-12-32(20-4-5-36-13-20)11-16-6-18(27)2-3-21(16)34(23)24/h2-3,6-7,10,17,20H,4-5,8-9,11-15H2,1H3/t20-/m1/s1. The number of pyridine rings is 1. The maximum Gasteiger partial charge on any atom is 0.171 e. The van der Waals surface area contributed by atoms with Crippen molar-refractivity contribution in [1.82, 2.24) is 24.6 Å². The number of anilines is 1. The molecule has 0 unspecified atom stereocenters. The van der Waals surface area contributed by atoms with E-state index in [9.17, 15) is 4.39 Å². The molecule has 36 heavy (non-hydrogen) atoms. The first-order chi connectivity index (χ1) is 17.5. The van der Waals surface area contributed by atoms with Crippen molar-refractivity contribution in [3.05, 3.63) is 58.5 Å². The lowest BCUT2D eigenvalue weighted by atomic mass is 9.57. The largest absolute Gasteiger partial charge is 0.493 e. The van der Waals surface area contributed by atoms with E-state index >= 15 is 0 Å². The topological polar surface area (TPSA) is 68.5 Å². The molecule has 0 N–H and O–H groups in total. The third kappa shape index (κ3) is 3.59. The van der Waals surface area contributed by atoms with E-state index < -0.39 is 0 Å². The van der Waals surface area contributed by atoms with Crippen molar-refractivity contribution in [2.45, 2.75) is 44.3 Å². The second-order valence-electron chi connectivity index (χ2n) is 10.6. The van der Waals surface area contributed by atoms with Crippen LogP contribution in [0.15, 0.2) is 30.5 Å². The van der Waals surface area contributed by atoms with E-state index in [1.54, 1.807) is 7.11 Å². The highest BCUT2D eigenvalue weighted by Gasteiger charge is 2.55. The molecule has 3 aliphatic heterocycles. The molecule has 1 spiro atoms. The fraction of sp³-hybridized carbons (Fsp3) is 0.500. The molecule has 1 atom stereocenters. The minimum absolute atomic E-state index is 0.235. The third-order valence-electron chi connectivity index (χ3n) is 8.27. The number of halogens is 2. The van der Waals surface area contributed by atoms with Crippen molar-refractivity contribution in [2.24, 2.45) is 5.41 Å². The van der Waals surface area contributed by atoms with Gasteiger partial charge in [0.15, 0.2) is 17.4 Å². The molecule has 2 aromatic heterocycles. The molecule has 5 heterocycles. The van der Waals surface area contributed by atoms with Crippen molar-refractivity contribution in [2.75, 3.05) is 38.3 Å². The number of methoxy groups -OCH3 is 1. The van der Waals surface area contributed by atoms with Crippen LogP contribution in [0.4, 0.5) is 10.2 Å². The van der Waals surface area contributed by atoms with Gasteiger partial charge in [0.2, 0.25) is 0 Å². The molecule has 1 aliphatic carbocycles. The molecule has 0 radical (unpaired) electrons. The number of nitrogens with zero attached hydrogens (tertiary/aromatic N) is 6. The summed E-state index contributed by atoms with van der Waals surface area (Å²) in [6, 6.07) is 7.92. The average Bonchev–Trinajstić information content (AvgIpc) is 3.46. The van der Waals surface area contributed by atoms with Gasteiger partial charge in [-0.1, -0.05) is 11.6 Å². The van der Waals surface area contributed by atoms with E-state index in [1.165, 1.54) is 17.8 Å². The molecule has 0 bridgehead atoms. The summed E-state index contributed by atoms with van der Waals surface area (Å²) in [7, 11) is 1.55. The summed E-state index contributed by atoms with van der Waals surface area (Å²) in [4.78, 5) is 8.91. The summed E-state index contributed by atoms with van der Waals surface area (Å²) >= 11 is 6.41. The Morgan fingerprint density at radius 1 is 1.17 bits per heavy atom. The second kappa shape index (κ2) is 8.39. The van der Waals surface area contributed by atoms with Crippen molar-refractivity contribution in [1.29, 1.82) is 0 Å². The summed E-state index contributed by atoms with van der Waals surface area (Å²) < 4.78 is 26.9. The highest BCUT2D eigenvalue weighted by molar-refractivity contribution is 6.30. The first-order valence-corrected chi connectivity index (χ1v) is 12.9. The second-order valence-corrected chi connectivity index (χ2v) is 11.1. The Morgan fingerprint density at radius 2 is 2.03 bits per heavy atom. The number of benzene rings is 1. The van der Waals surface area contributed by atoms with Gasteiger partial charge in [-0.15, -0.1) is 10.2 Å². The number of hydrogen-bond acceptors (Lipinski definition) is 7. The zero-order chi connectivity index (χ0) is 24.4. The van der Waals surface area contributed by atoms with E-state index in [0.717, 1.165) is 81.0 Å². The van der Waals surface area contributed by atoms with Gasteiger partial charge in [-0.2, -0.15) is 0 Å². The van der Waals surface area contributed by atoms with Gasteiger partial charge in [-0.3, -0.25) is 9.47 Å². The number of aromatic nitrogens is 4. The monoisotopic (exact) mass is 510 g/mol. The van der Waals surface area contributed by atoms with Crippen molar-refractivity contribution in [3.63, 3.8) is 0 Å². The van der Waals surface area contributed by atoms with Crippen LogP contribution in [0.1, 0.15) is 42.4 Å². The Hall–Kier alpha value is -2.75. The molecule has 1 aromatic carbocycles. The van der Waals surface area contributed by atoms with Crippen LogP contribution in [-0.2, 0) is 17.8 Å².